The predicted octanol–water partition coefficient (Wildman–Crippen LogP) is 1.37. The van der Waals surface area contributed by atoms with Gasteiger partial charge in [0.1, 0.15) is 9.71 Å². The highest BCUT2D eigenvalue weighted by molar-refractivity contribution is 7.20. The molecule has 0 saturated heterocycles. The molecule has 0 spiro atoms. The van der Waals surface area contributed by atoms with Gasteiger partial charge in [-0.05, 0) is 13.0 Å². The van der Waals surface area contributed by atoms with E-state index in [9.17, 15) is 4.79 Å². The lowest BCUT2D eigenvalue weighted by Crippen LogP contribution is -1.96. The fourth-order valence-corrected chi connectivity index (χ4v) is 2.29. The predicted molar refractivity (Wildman–Crippen MR) is 57.9 cm³/mol. The molecule has 78 valence electrons. The SMILES string of the molecule is COC(=O)c1cc2c(C)nc(N)nc2s1. The Kier molecular flexibility index (Phi) is 2.28. The van der Waals surface area contributed by atoms with Gasteiger partial charge in [-0.3, -0.25) is 0 Å². The maximum Gasteiger partial charge on any atom is 0.348 e. The third kappa shape index (κ3) is 1.63. The molecule has 2 N–H and O–H groups in total. The second kappa shape index (κ2) is 3.47. The third-order valence-electron chi connectivity index (χ3n) is 1.99. The number of fused-ring (bicyclic) bond motifs is 1. The minimum atomic E-state index is -0.365. The zero-order valence-corrected chi connectivity index (χ0v) is 9.09. The van der Waals surface area contributed by atoms with E-state index in [-0.39, 0.29) is 11.9 Å². The van der Waals surface area contributed by atoms with Crippen LogP contribution in [0.25, 0.3) is 10.2 Å². The first kappa shape index (κ1) is 9.85. The molecular weight excluding hydrogens is 214 g/mol. The van der Waals surface area contributed by atoms with Crippen molar-refractivity contribution < 1.29 is 9.53 Å². The smallest absolute Gasteiger partial charge is 0.348 e. The Morgan fingerprint density at radius 2 is 2.27 bits per heavy atom. The topological polar surface area (TPSA) is 78.1 Å². The molecule has 0 bridgehead atoms. The first-order valence-corrected chi connectivity index (χ1v) is 5.05. The van der Waals surface area contributed by atoms with Crippen LogP contribution in [0.15, 0.2) is 6.07 Å². The number of esters is 1. The molecule has 15 heavy (non-hydrogen) atoms. The van der Waals surface area contributed by atoms with E-state index in [0.29, 0.717) is 9.71 Å². The van der Waals surface area contributed by atoms with Gasteiger partial charge in [-0.25, -0.2) is 14.8 Å². The van der Waals surface area contributed by atoms with Crippen LogP contribution in [-0.2, 0) is 4.74 Å². The first-order chi connectivity index (χ1) is 7.11. The van der Waals surface area contributed by atoms with Gasteiger partial charge < -0.3 is 10.5 Å². The number of nitrogens with two attached hydrogens (primary N) is 1. The van der Waals surface area contributed by atoms with Crippen molar-refractivity contribution >= 4 is 33.5 Å². The Morgan fingerprint density at radius 3 is 2.93 bits per heavy atom. The molecule has 2 aromatic rings. The second-order valence-electron chi connectivity index (χ2n) is 2.99. The maximum atomic E-state index is 11.3. The van der Waals surface area contributed by atoms with Crippen LogP contribution in [0.1, 0.15) is 15.4 Å². The van der Waals surface area contributed by atoms with Crippen LogP contribution in [-0.4, -0.2) is 23.0 Å². The second-order valence-corrected chi connectivity index (χ2v) is 4.02. The average molecular weight is 223 g/mol. The molecule has 0 amide bonds. The van der Waals surface area contributed by atoms with E-state index in [1.807, 2.05) is 6.92 Å². The summed E-state index contributed by atoms with van der Waals surface area (Å²) < 4.78 is 4.63. The van der Waals surface area contributed by atoms with Crippen molar-refractivity contribution in [2.45, 2.75) is 6.92 Å². The van der Waals surface area contributed by atoms with E-state index >= 15 is 0 Å². The van der Waals surface area contributed by atoms with E-state index in [1.165, 1.54) is 18.4 Å². The Balaban J connectivity index is 2.65. The summed E-state index contributed by atoms with van der Waals surface area (Å²) >= 11 is 1.25. The molecule has 0 unspecified atom stereocenters. The zero-order chi connectivity index (χ0) is 11.0. The van der Waals surface area contributed by atoms with Crippen molar-refractivity contribution in [1.29, 1.82) is 0 Å². The van der Waals surface area contributed by atoms with Crippen LogP contribution in [0.5, 0.6) is 0 Å². The molecule has 0 aliphatic rings. The van der Waals surface area contributed by atoms with Crippen molar-refractivity contribution in [3.8, 4) is 0 Å². The minimum Gasteiger partial charge on any atom is -0.465 e. The average Bonchev–Trinajstić information content (AvgIpc) is 2.60. The highest BCUT2D eigenvalue weighted by Gasteiger charge is 2.13. The van der Waals surface area contributed by atoms with E-state index in [4.69, 9.17) is 5.73 Å². The summed E-state index contributed by atoms with van der Waals surface area (Å²) in [6, 6.07) is 1.72. The number of carbonyl (C=O) groups is 1. The van der Waals surface area contributed by atoms with E-state index in [2.05, 4.69) is 14.7 Å². The van der Waals surface area contributed by atoms with E-state index in [0.717, 1.165) is 11.1 Å². The molecular formula is C9H9N3O2S. The Bertz CT molecular complexity index is 535. The first-order valence-electron chi connectivity index (χ1n) is 4.24. The Morgan fingerprint density at radius 1 is 1.53 bits per heavy atom. The highest BCUT2D eigenvalue weighted by Crippen LogP contribution is 2.26. The number of anilines is 1. The molecule has 0 atom stereocenters. The van der Waals surface area contributed by atoms with Gasteiger partial charge in [0.25, 0.3) is 0 Å². The molecule has 0 fully saturated rings. The van der Waals surface area contributed by atoms with Crippen molar-refractivity contribution in [3.05, 3.63) is 16.6 Å². The number of carbonyl (C=O) groups excluding carboxylic acids is 1. The summed E-state index contributed by atoms with van der Waals surface area (Å²) in [5.74, 6) is -0.144. The molecule has 0 aliphatic heterocycles. The van der Waals surface area contributed by atoms with Gasteiger partial charge in [-0.15, -0.1) is 11.3 Å². The van der Waals surface area contributed by atoms with Crippen molar-refractivity contribution in [3.63, 3.8) is 0 Å². The standard InChI is InChI=1S/C9H9N3O2S/c1-4-5-3-6(8(13)14-2)15-7(5)12-9(10)11-4/h3H,1-2H3,(H2,10,11,12). The molecule has 0 radical (unpaired) electrons. The number of nitrogens with zero attached hydrogens (tertiary/aromatic N) is 2. The van der Waals surface area contributed by atoms with Gasteiger partial charge in [0.15, 0.2) is 0 Å². The number of thiophene rings is 1. The van der Waals surface area contributed by atoms with Crippen LogP contribution < -0.4 is 5.73 Å². The normalized spacial score (nSPS) is 10.5. The summed E-state index contributed by atoms with van der Waals surface area (Å²) in [4.78, 5) is 20.6. The number of methoxy groups -OCH3 is 1. The summed E-state index contributed by atoms with van der Waals surface area (Å²) in [6.07, 6.45) is 0. The number of aryl methyl sites for hydroxylation is 1. The minimum absolute atomic E-state index is 0.221. The number of hydrogen-bond acceptors (Lipinski definition) is 6. The lowest BCUT2D eigenvalue weighted by molar-refractivity contribution is 0.0606. The van der Waals surface area contributed by atoms with Gasteiger partial charge in [0.2, 0.25) is 5.95 Å². The summed E-state index contributed by atoms with van der Waals surface area (Å²) in [7, 11) is 1.35. The Hall–Kier alpha value is -1.69. The molecule has 0 aliphatic carbocycles. The molecule has 2 aromatic heterocycles. The Labute approximate surface area is 89.9 Å². The van der Waals surface area contributed by atoms with Gasteiger partial charge in [-0.1, -0.05) is 0 Å². The van der Waals surface area contributed by atoms with Gasteiger partial charge >= 0.3 is 5.97 Å². The molecule has 5 nitrogen and oxygen atoms in total. The fourth-order valence-electron chi connectivity index (χ4n) is 1.29. The van der Waals surface area contributed by atoms with Gasteiger partial charge in [0.05, 0.1) is 12.8 Å². The molecule has 6 heteroatoms. The van der Waals surface area contributed by atoms with Gasteiger partial charge in [0, 0.05) is 5.39 Å². The highest BCUT2D eigenvalue weighted by atomic mass is 32.1. The van der Waals surface area contributed by atoms with Crippen molar-refractivity contribution in [2.24, 2.45) is 0 Å². The monoisotopic (exact) mass is 223 g/mol. The lowest BCUT2D eigenvalue weighted by Gasteiger charge is -1.95. The largest absolute Gasteiger partial charge is 0.465 e. The lowest BCUT2D eigenvalue weighted by atomic mass is 10.3. The van der Waals surface area contributed by atoms with Crippen LogP contribution >= 0.6 is 11.3 Å². The number of nitrogen functional groups attached to an aromatic ring is 1. The molecule has 0 saturated carbocycles. The third-order valence-corrected chi connectivity index (χ3v) is 3.00. The summed E-state index contributed by atoms with van der Waals surface area (Å²) in [5.41, 5.74) is 6.28. The van der Waals surface area contributed by atoms with Gasteiger partial charge in [-0.2, -0.15) is 0 Å². The summed E-state index contributed by atoms with van der Waals surface area (Å²) in [6.45, 7) is 1.83. The quantitative estimate of drug-likeness (QED) is 0.739. The van der Waals surface area contributed by atoms with E-state index < -0.39 is 0 Å². The summed E-state index contributed by atoms with van der Waals surface area (Å²) in [5, 5.41) is 0.842. The van der Waals surface area contributed by atoms with E-state index in [1.54, 1.807) is 6.07 Å². The number of aromatic nitrogens is 2. The molecule has 2 heterocycles. The van der Waals surface area contributed by atoms with Crippen LogP contribution in [0, 0.1) is 6.92 Å². The molecule has 0 aromatic carbocycles. The fraction of sp³-hybridized carbons (Fsp3) is 0.222. The van der Waals surface area contributed by atoms with Crippen LogP contribution in [0.3, 0.4) is 0 Å². The number of rotatable bonds is 1. The van der Waals surface area contributed by atoms with Crippen molar-refractivity contribution in [1.82, 2.24) is 9.97 Å². The van der Waals surface area contributed by atoms with Crippen LogP contribution in [0.4, 0.5) is 5.95 Å². The molecule has 2 rings (SSSR count). The zero-order valence-electron chi connectivity index (χ0n) is 8.27. The van der Waals surface area contributed by atoms with Crippen molar-refractivity contribution in [2.75, 3.05) is 12.8 Å². The maximum absolute atomic E-state index is 11.3. The number of hydrogen-bond donors (Lipinski definition) is 1. The van der Waals surface area contributed by atoms with Crippen LogP contribution in [0.2, 0.25) is 0 Å². The number of ether oxygens (including phenoxy) is 1.